The van der Waals surface area contributed by atoms with Crippen molar-refractivity contribution in [1.29, 1.82) is 0 Å². The van der Waals surface area contributed by atoms with E-state index in [0.29, 0.717) is 6.42 Å². The smallest absolute Gasteiger partial charge is 0.337 e. The zero-order valence-electron chi connectivity index (χ0n) is 10.5. The molecule has 0 atom stereocenters. The number of pyridine rings is 1. The molecule has 4 nitrogen and oxygen atoms in total. The predicted octanol–water partition coefficient (Wildman–Crippen LogP) is 2.76. The lowest BCUT2D eigenvalue weighted by molar-refractivity contribution is 0.0696. The summed E-state index contributed by atoms with van der Waals surface area (Å²) in [4.78, 5) is 15.3. The molecule has 1 aromatic carbocycles. The summed E-state index contributed by atoms with van der Waals surface area (Å²) in [7, 11) is 0. The third-order valence-electron chi connectivity index (χ3n) is 3.13. The standard InChI is InChI=1S/C15H11FN2O2/c16-12-4-1-10(2-5-12)7-14-17-8-13-6-3-11(15(19)20)9-18(13)14/h1-6,8-9H,7H2,(H,19,20). The molecule has 0 aliphatic carbocycles. The maximum Gasteiger partial charge on any atom is 0.337 e. The highest BCUT2D eigenvalue weighted by molar-refractivity contribution is 5.87. The van der Waals surface area contributed by atoms with Crippen LogP contribution in [-0.2, 0) is 6.42 Å². The molecule has 3 aromatic rings. The van der Waals surface area contributed by atoms with Gasteiger partial charge in [-0.25, -0.2) is 14.2 Å². The molecule has 20 heavy (non-hydrogen) atoms. The van der Waals surface area contributed by atoms with E-state index in [0.717, 1.165) is 16.9 Å². The number of aromatic nitrogens is 2. The van der Waals surface area contributed by atoms with E-state index in [1.807, 2.05) is 0 Å². The zero-order chi connectivity index (χ0) is 14.1. The lowest BCUT2D eigenvalue weighted by Crippen LogP contribution is -2.01. The normalized spacial score (nSPS) is 10.8. The maximum absolute atomic E-state index is 12.9. The molecule has 0 aliphatic rings. The van der Waals surface area contributed by atoms with Crippen molar-refractivity contribution >= 4 is 11.5 Å². The van der Waals surface area contributed by atoms with Gasteiger partial charge >= 0.3 is 5.97 Å². The van der Waals surface area contributed by atoms with Crippen molar-refractivity contribution in [2.45, 2.75) is 6.42 Å². The second-order valence-corrected chi connectivity index (χ2v) is 4.50. The van der Waals surface area contributed by atoms with Crippen LogP contribution in [0.3, 0.4) is 0 Å². The van der Waals surface area contributed by atoms with Crippen LogP contribution >= 0.6 is 0 Å². The molecule has 0 fully saturated rings. The minimum Gasteiger partial charge on any atom is -0.478 e. The number of carboxylic acids is 1. The van der Waals surface area contributed by atoms with Crippen LogP contribution in [0.2, 0.25) is 0 Å². The minimum atomic E-state index is -0.978. The SMILES string of the molecule is O=C(O)c1ccc2cnc(Cc3ccc(F)cc3)n2c1. The van der Waals surface area contributed by atoms with Gasteiger partial charge in [-0.1, -0.05) is 12.1 Å². The van der Waals surface area contributed by atoms with Crippen LogP contribution < -0.4 is 0 Å². The number of halogens is 1. The summed E-state index contributed by atoms with van der Waals surface area (Å²) in [5.74, 6) is -0.544. The van der Waals surface area contributed by atoms with Gasteiger partial charge in [0.25, 0.3) is 0 Å². The van der Waals surface area contributed by atoms with Gasteiger partial charge in [-0.05, 0) is 29.8 Å². The summed E-state index contributed by atoms with van der Waals surface area (Å²) >= 11 is 0. The first-order valence-electron chi connectivity index (χ1n) is 6.07. The molecule has 1 N–H and O–H groups in total. The first kappa shape index (κ1) is 12.3. The number of hydrogen-bond donors (Lipinski definition) is 1. The quantitative estimate of drug-likeness (QED) is 0.796. The molecule has 0 aliphatic heterocycles. The summed E-state index contributed by atoms with van der Waals surface area (Å²) in [6.07, 6.45) is 3.74. The van der Waals surface area contributed by atoms with Crippen molar-refractivity contribution in [3.8, 4) is 0 Å². The number of imidazole rings is 1. The molecule has 2 aromatic heterocycles. The molecule has 100 valence electrons. The van der Waals surface area contributed by atoms with Gasteiger partial charge in [0.1, 0.15) is 11.6 Å². The molecule has 0 saturated heterocycles. The highest BCUT2D eigenvalue weighted by Gasteiger charge is 2.08. The third-order valence-corrected chi connectivity index (χ3v) is 3.13. The number of nitrogens with zero attached hydrogens (tertiary/aromatic N) is 2. The van der Waals surface area contributed by atoms with E-state index in [1.54, 1.807) is 41.1 Å². The van der Waals surface area contributed by atoms with E-state index in [9.17, 15) is 9.18 Å². The number of benzene rings is 1. The summed E-state index contributed by atoms with van der Waals surface area (Å²) in [5, 5.41) is 9.02. The van der Waals surface area contributed by atoms with E-state index < -0.39 is 5.97 Å². The zero-order valence-corrected chi connectivity index (χ0v) is 10.5. The van der Waals surface area contributed by atoms with Gasteiger partial charge in [0.05, 0.1) is 17.3 Å². The van der Waals surface area contributed by atoms with Gasteiger partial charge in [0, 0.05) is 12.6 Å². The fourth-order valence-corrected chi connectivity index (χ4v) is 2.09. The Morgan fingerprint density at radius 3 is 2.65 bits per heavy atom. The molecule has 0 saturated carbocycles. The lowest BCUT2D eigenvalue weighted by Gasteiger charge is -2.03. The Morgan fingerprint density at radius 2 is 1.95 bits per heavy atom. The Labute approximate surface area is 114 Å². The molecular weight excluding hydrogens is 259 g/mol. The second-order valence-electron chi connectivity index (χ2n) is 4.50. The number of carbonyl (C=O) groups is 1. The first-order chi connectivity index (χ1) is 9.63. The Hall–Kier alpha value is -2.69. The van der Waals surface area contributed by atoms with Crippen molar-refractivity contribution in [2.75, 3.05) is 0 Å². The Balaban J connectivity index is 2.00. The molecule has 0 radical (unpaired) electrons. The van der Waals surface area contributed by atoms with Gasteiger partial charge in [0.15, 0.2) is 0 Å². The van der Waals surface area contributed by atoms with Crippen LogP contribution in [0.5, 0.6) is 0 Å². The van der Waals surface area contributed by atoms with E-state index >= 15 is 0 Å². The summed E-state index contributed by atoms with van der Waals surface area (Å²) < 4.78 is 14.6. The largest absolute Gasteiger partial charge is 0.478 e. The Morgan fingerprint density at radius 1 is 1.20 bits per heavy atom. The monoisotopic (exact) mass is 270 g/mol. The highest BCUT2D eigenvalue weighted by atomic mass is 19.1. The Bertz CT molecular complexity index is 778. The van der Waals surface area contributed by atoms with E-state index in [1.165, 1.54) is 12.1 Å². The van der Waals surface area contributed by atoms with Crippen molar-refractivity contribution < 1.29 is 14.3 Å². The van der Waals surface area contributed by atoms with Crippen LogP contribution in [0.1, 0.15) is 21.7 Å². The third kappa shape index (κ3) is 2.25. The fourth-order valence-electron chi connectivity index (χ4n) is 2.09. The number of carboxylic acid groups (broad SMARTS) is 1. The average Bonchev–Trinajstić information content (AvgIpc) is 2.84. The van der Waals surface area contributed by atoms with Crippen LogP contribution in [0.15, 0.2) is 48.8 Å². The van der Waals surface area contributed by atoms with Crippen molar-refractivity contribution in [3.05, 3.63) is 71.6 Å². The molecule has 5 heteroatoms. The van der Waals surface area contributed by atoms with Gasteiger partial charge in [-0.15, -0.1) is 0 Å². The fraction of sp³-hybridized carbons (Fsp3) is 0.0667. The number of aromatic carboxylic acids is 1. The van der Waals surface area contributed by atoms with Crippen LogP contribution in [0.25, 0.3) is 5.52 Å². The van der Waals surface area contributed by atoms with Crippen LogP contribution in [-0.4, -0.2) is 20.5 Å². The van der Waals surface area contributed by atoms with Crippen molar-refractivity contribution in [1.82, 2.24) is 9.38 Å². The highest BCUT2D eigenvalue weighted by Crippen LogP contribution is 2.14. The van der Waals surface area contributed by atoms with E-state index in [4.69, 9.17) is 5.11 Å². The summed E-state index contributed by atoms with van der Waals surface area (Å²) in [6, 6.07) is 9.43. The van der Waals surface area contributed by atoms with Gasteiger partial charge < -0.3 is 9.51 Å². The van der Waals surface area contributed by atoms with Gasteiger partial charge in [0.2, 0.25) is 0 Å². The molecule has 0 amide bonds. The molecule has 0 unspecified atom stereocenters. The average molecular weight is 270 g/mol. The molecular formula is C15H11FN2O2. The van der Waals surface area contributed by atoms with Crippen molar-refractivity contribution in [3.63, 3.8) is 0 Å². The second kappa shape index (κ2) is 4.77. The lowest BCUT2D eigenvalue weighted by atomic mass is 10.1. The topological polar surface area (TPSA) is 54.6 Å². The summed E-state index contributed by atoms with van der Waals surface area (Å²) in [6.45, 7) is 0. The van der Waals surface area contributed by atoms with Crippen LogP contribution in [0.4, 0.5) is 4.39 Å². The molecule has 2 heterocycles. The molecule has 3 rings (SSSR count). The number of rotatable bonds is 3. The first-order valence-corrected chi connectivity index (χ1v) is 6.07. The maximum atomic E-state index is 12.9. The predicted molar refractivity (Wildman–Crippen MR) is 71.4 cm³/mol. The van der Waals surface area contributed by atoms with Gasteiger partial charge in [-0.3, -0.25) is 0 Å². The van der Waals surface area contributed by atoms with Crippen LogP contribution in [0, 0.1) is 5.82 Å². The minimum absolute atomic E-state index is 0.204. The number of hydrogen-bond acceptors (Lipinski definition) is 2. The van der Waals surface area contributed by atoms with Crippen molar-refractivity contribution in [2.24, 2.45) is 0 Å². The van der Waals surface area contributed by atoms with E-state index in [-0.39, 0.29) is 11.4 Å². The number of fused-ring (bicyclic) bond motifs is 1. The molecule has 0 spiro atoms. The summed E-state index contributed by atoms with van der Waals surface area (Å²) in [5.41, 5.74) is 1.95. The van der Waals surface area contributed by atoms with E-state index in [2.05, 4.69) is 4.98 Å². The Kier molecular flexibility index (Phi) is 2.95. The van der Waals surface area contributed by atoms with Gasteiger partial charge in [-0.2, -0.15) is 0 Å². The molecule has 0 bridgehead atoms.